The van der Waals surface area contributed by atoms with Gasteiger partial charge < -0.3 is 4.74 Å². The number of ketones is 1. The van der Waals surface area contributed by atoms with Crippen molar-refractivity contribution < 1.29 is 9.53 Å². The first-order valence-electron chi connectivity index (χ1n) is 12.7. The summed E-state index contributed by atoms with van der Waals surface area (Å²) in [6, 6.07) is 20.8. The molecule has 2 aliphatic heterocycles. The Hall–Kier alpha value is -3.44. The molecule has 0 spiro atoms. The van der Waals surface area contributed by atoms with Crippen molar-refractivity contribution in [3.63, 3.8) is 0 Å². The van der Waals surface area contributed by atoms with Gasteiger partial charge in [0.1, 0.15) is 5.75 Å². The summed E-state index contributed by atoms with van der Waals surface area (Å²) in [5.41, 5.74) is 7.63. The van der Waals surface area contributed by atoms with Crippen LogP contribution in [0.5, 0.6) is 5.75 Å². The monoisotopic (exact) mass is 465 g/mol. The average Bonchev–Trinajstić information content (AvgIpc) is 3.51. The summed E-state index contributed by atoms with van der Waals surface area (Å²) in [6.45, 7) is 5.97. The van der Waals surface area contributed by atoms with Crippen LogP contribution in [0.25, 0.3) is 22.2 Å². The van der Waals surface area contributed by atoms with Crippen molar-refractivity contribution in [2.75, 3.05) is 19.7 Å². The number of piperidine rings is 1. The summed E-state index contributed by atoms with van der Waals surface area (Å²) < 4.78 is 5.65. The van der Waals surface area contributed by atoms with Gasteiger partial charge in [-0.25, -0.2) is 0 Å². The number of hydrogen-bond acceptors (Lipinski definition) is 4. The van der Waals surface area contributed by atoms with Crippen molar-refractivity contribution in [1.82, 2.24) is 15.1 Å². The molecule has 0 saturated carbocycles. The Kier molecular flexibility index (Phi) is 5.86. The lowest BCUT2D eigenvalue weighted by molar-refractivity contribution is 0.0912. The van der Waals surface area contributed by atoms with Gasteiger partial charge >= 0.3 is 0 Å². The first kappa shape index (κ1) is 22.1. The molecule has 1 atom stereocenters. The zero-order chi connectivity index (χ0) is 23.8. The van der Waals surface area contributed by atoms with Crippen molar-refractivity contribution in [1.29, 1.82) is 0 Å². The molecular weight excluding hydrogens is 434 g/mol. The molecule has 5 nitrogen and oxygen atoms in total. The normalized spacial score (nSPS) is 17.9. The third kappa shape index (κ3) is 4.48. The maximum absolute atomic E-state index is 13.3. The second kappa shape index (κ2) is 9.31. The van der Waals surface area contributed by atoms with Gasteiger partial charge in [-0.1, -0.05) is 24.3 Å². The van der Waals surface area contributed by atoms with Crippen LogP contribution in [0.1, 0.15) is 46.3 Å². The number of carbonyl (C=O) groups excluding carboxylic acids is 1. The molecule has 1 fully saturated rings. The van der Waals surface area contributed by atoms with Crippen LogP contribution in [0.4, 0.5) is 0 Å². The van der Waals surface area contributed by atoms with Gasteiger partial charge in [-0.2, -0.15) is 5.10 Å². The van der Waals surface area contributed by atoms with Gasteiger partial charge in [-0.05, 0) is 85.3 Å². The Bertz CT molecular complexity index is 1390. The number of ether oxygens (including phenoxy) is 1. The predicted octanol–water partition coefficient (Wildman–Crippen LogP) is 5.96. The maximum atomic E-state index is 13.3. The molecule has 3 aromatic carbocycles. The van der Waals surface area contributed by atoms with E-state index in [1.807, 2.05) is 24.3 Å². The number of Topliss-reactive ketones (excluding diaryl/α,β-unsaturated/α-hetero) is 1. The molecule has 5 heteroatoms. The van der Waals surface area contributed by atoms with Crippen LogP contribution in [0, 0.1) is 12.8 Å². The molecule has 0 amide bonds. The number of aryl methyl sites for hydroxylation is 1. The number of aromatic amines is 1. The van der Waals surface area contributed by atoms with Crippen LogP contribution < -0.4 is 4.74 Å². The molecule has 35 heavy (non-hydrogen) atoms. The highest BCUT2D eigenvalue weighted by molar-refractivity contribution is 6.02. The molecule has 0 radical (unpaired) electrons. The van der Waals surface area contributed by atoms with E-state index in [0.717, 1.165) is 79.0 Å². The van der Waals surface area contributed by atoms with Crippen molar-refractivity contribution in [3.05, 3.63) is 82.9 Å². The molecule has 1 N–H and O–H groups in total. The van der Waals surface area contributed by atoms with E-state index in [1.54, 1.807) is 0 Å². The molecule has 178 valence electrons. The lowest BCUT2D eigenvalue weighted by atomic mass is 9.90. The molecule has 6 rings (SSSR count). The fourth-order valence-electron chi connectivity index (χ4n) is 5.61. The van der Waals surface area contributed by atoms with Gasteiger partial charge in [-0.15, -0.1) is 0 Å². The van der Waals surface area contributed by atoms with Crippen molar-refractivity contribution >= 4 is 16.7 Å². The number of likely N-dealkylation sites (tertiary alicyclic amines) is 1. The number of rotatable bonds is 6. The van der Waals surface area contributed by atoms with Crippen LogP contribution >= 0.6 is 0 Å². The number of nitrogens with zero attached hydrogens (tertiary/aromatic N) is 2. The minimum absolute atomic E-state index is 0.226. The Morgan fingerprint density at radius 3 is 2.97 bits per heavy atom. The van der Waals surface area contributed by atoms with Gasteiger partial charge in [0, 0.05) is 42.4 Å². The summed E-state index contributed by atoms with van der Waals surface area (Å²) in [4.78, 5) is 15.8. The van der Waals surface area contributed by atoms with E-state index >= 15 is 0 Å². The average molecular weight is 466 g/mol. The molecule has 3 heterocycles. The van der Waals surface area contributed by atoms with Crippen molar-refractivity contribution in [2.24, 2.45) is 5.92 Å². The highest BCUT2D eigenvalue weighted by Gasteiger charge is 2.24. The molecule has 1 saturated heterocycles. The first-order valence-corrected chi connectivity index (χ1v) is 12.7. The lowest BCUT2D eigenvalue weighted by Crippen LogP contribution is -2.35. The molecular formula is C30H31N3O2. The Morgan fingerprint density at radius 1 is 1.14 bits per heavy atom. The fourth-order valence-corrected chi connectivity index (χ4v) is 5.61. The summed E-state index contributed by atoms with van der Waals surface area (Å²) in [7, 11) is 0. The minimum atomic E-state index is 0.226. The Balaban J connectivity index is 1.18. The SMILES string of the molecule is Cc1ccccc1CN1CCC[C@@H](CC(=O)c2ccc3[nH]nc(-c4ccc5c(c4)CCO5)c3c2)C1. The molecule has 0 bridgehead atoms. The van der Waals surface area contributed by atoms with E-state index in [2.05, 4.69) is 58.4 Å². The van der Waals surface area contributed by atoms with Crippen LogP contribution in [0.2, 0.25) is 0 Å². The lowest BCUT2D eigenvalue weighted by Gasteiger charge is -2.32. The van der Waals surface area contributed by atoms with E-state index in [0.29, 0.717) is 12.3 Å². The van der Waals surface area contributed by atoms with Crippen molar-refractivity contribution in [3.8, 4) is 17.0 Å². The molecule has 0 aliphatic carbocycles. The van der Waals surface area contributed by atoms with E-state index in [1.165, 1.54) is 16.7 Å². The van der Waals surface area contributed by atoms with E-state index in [9.17, 15) is 4.79 Å². The van der Waals surface area contributed by atoms with Gasteiger partial charge in [0.25, 0.3) is 0 Å². The van der Waals surface area contributed by atoms with E-state index in [4.69, 9.17) is 4.74 Å². The highest BCUT2D eigenvalue weighted by atomic mass is 16.5. The van der Waals surface area contributed by atoms with Crippen LogP contribution in [0.3, 0.4) is 0 Å². The quantitative estimate of drug-likeness (QED) is 0.357. The fraction of sp³-hybridized carbons (Fsp3) is 0.333. The number of aromatic nitrogens is 2. The first-order chi connectivity index (χ1) is 17.1. The van der Waals surface area contributed by atoms with Gasteiger partial charge in [-0.3, -0.25) is 14.8 Å². The standard InChI is InChI=1S/C30H31N3O2/c1-20-5-2-3-7-25(20)19-33-13-4-6-21(18-33)15-28(34)22-8-10-27-26(17-22)30(32-31-27)24-9-11-29-23(16-24)12-14-35-29/h2-3,5,7-11,16-17,21H,4,6,12-15,18-19H2,1H3,(H,31,32)/t21-/m0/s1. The maximum Gasteiger partial charge on any atom is 0.163 e. The Morgan fingerprint density at radius 2 is 2.06 bits per heavy atom. The number of fused-ring (bicyclic) bond motifs is 2. The van der Waals surface area contributed by atoms with Gasteiger partial charge in [0.15, 0.2) is 5.78 Å². The second-order valence-corrected chi connectivity index (χ2v) is 10.1. The van der Waals surface area contributed by atoms with Crippen LogP contribution in [0.15, 0.2) is 60.7 Å². The topological polar surface area (TPSA) is 58.2 Å². The third-order valence-electron chi connectivity index (χ3n) is 7.58. The van der Waals surface area contributed by atoms with Crippen LogP contribution in [-0.4, -0.2) is 40.6 Å². The second-order valence-electron chi connectivity index (χ2n) is 10.1. The number of benzene rings is 3. The molecule has 2 aliphatic rings. The Labute approximate surface area is 206 Å². The van der Waals surface area contributed by atoms with E-state index in [-0.39, 0.29) is 5.78 Å². The number of hydrogen-bond donors (Lipinski definition) is 1. The number of H-pyrrole nitrogens is 1. The number of nitrogens with one attached hydrogen (secondary N) is 1. The third-order valence-corrected chi connectivity index (χ3v) is 7.58. The molecule has 0 unspecified atom stereocenters. The summed E-state index contributed by atoms with van der Waals surface area (Å²) >= 11 is 0. The largest absolute Gasteiger partial charge is 0.493 e. The smallest absolute Gasteiger partial charge is 0.163 e. The minimum Gasteiger partial charge on any atom is -0.493 e. The van der Waals surface area contributed by atoms with Gasteiger partial charge in [0.2, 0.25) is 0 Å². The van der Waals surface area contributed by atoms with Gasteiger partial charge in [0.05, 0.1) is 17.8 Å². The molecule has 1 aromatic heterocycles. The summed E-state index contributed by atoms with van der Waals surface area (Å²) in [5, 5.41) is 8.72. The zero-order valence-corrected chi connectivity index (χ0v) is 20.2. The summed E-state index contributed by atoms with van der Waals surface area (Å²) in [6.07, 6.45) is 3.79. The summed E-state index contributed by atoms with van der Waals surface area (Å²) in [5.74, 6) is 1.59. The zero-order valence-electron chi connectivity index (χ0n) is 20.2. The number of carbonyl (C=O) groups is 1. The van der Waals surface area contributed by atoms with E-state index < -0.39 is 0 Å². The van der Waals surface area contributed by atoms with Crippen molar-refractivity contribution in [2.45, 2.75) is 39.2 Å². The highest BCUT2D eigenvalue weighted by Crippen LogP contribution is 2.33. The molecule has 4 aromatic rings. The van der Waals surface area contributed by atoms with Crippen LogP contribution in [-0.2, 0) is 13.0 Å². The predicted molar refractivity (Wildman–Crippen MR) is 139 cm³/mol.